The normalized spacial score (nSPS) is 18.2. The highest BCUT2D eigenvalue weighted by Gasteiger charge is 2.31. The van der Waals surface area contributed by atoms with E-state index in [2.05, 4.69) is 4.90 Å². The van der Waals surface area contributed by atoms with Crippen LogP contribution in [0.25, 0.3) is 11.1 Å². The first-order chi connectivity index (χ1) is 16.5. The molecule has 176 valence electrons. The van der Waals surface area contributed by atoms with Crippen LogP contribution in [0.4, 0.5) is 4.39 Å². The van der Waals surface area contributed by atoms with Crippen molar-refractivity contribution in [2.24, 2.45) is 5.92 Å². The minimum Gasteiger partial charge on any atom is -0.508 e. The van der Waals surface area contributed by atoms with E-state index in [1.54, 1.807) is 24.3 Å². The van der Waals surface area contributed by atoms with Gasteiger partial charge in [0.1, 0.15) is 24.2 Å². The van der Waals surface area contributed by atoms with Gasteiger partial charge in [0.05, 0.1) is 6.67 Å². The number of phenols is 2. The molecule has 0 bridgehead atoms. The summed E-state index contributed by atoms with van der Waals surface area (Å²) in [6, 6.07) is 20.2. The molecule has 3 aromatic rings. The molecule has 1 fully saturated rings. The Balaban J connectivity index is 1.39. The summed E-state index contributed by atoms with van der Waals surface area (Å²) in [5, 5.41) is 20.5. The minimum atomic E-state index is -0.463. The number of ether oxygens (including phenoxy) is 2. The number of phenolic OH excluding ortho intramolecular Hbond substituents is 2. The molecule has 0 aliphatic carbocycles. The number of halogens is 1. The van der Waals surface area contributed by atoms with E-state index in [1.807, 2.05) is 49.4 Å². The molecule has 0 radical (unpaired) electrons. The summed E-state index contributed by atoms with van der Waals surface area (Å²) in [5.74, 6) is 1.66. The largest absolute Gasteiger partial charge is 0.508 e. The van der Waals surface area contributed by atoms with Crippen molar-refractivity contribution >= 4 is 11.1 Å². The number of fused-ring (bicyclic) bond motifs is 1. The molecule has 0 spiro atoms. The quantitative estimate of drug-likeness (QED) is 0.491. The fraction of sp³-hybridized carbons (Fsp3) is 0.286. The smallest absolute Gasteiger partial charge is 0.169 e. The Morgan fingerprint density at radius 3 is 2.53 bits per heavy atom. The molecule has 5 nitrogen and oxygen atoms in total. The summed E-state index contributed by atoms with van der Waals surface area (Å²) in [7, 11) is 0. The van der Waals surface area contributed by atoms with Crippen LogP contribution in [0.1, 0.15) is 29.7 Å². The van der Waals surface area contributed by atoms with E-state index in [0.717, 1.165) is 53.2 Å². The molecule has 0 saturated carbocycles. The minimum absolute atomic E-state index is 0.0951. The third kappa shape index (κ3) is 4.33. The highest BCUT2D eigenvalue weighted by molar-refractivity contribution is 5.96. The van der Waals surface area contributed by atoms with Crippen molar-refractivity contribution in [3.63, 3.8) is 0 Å². The van der Waals surface area contributed by atoms with E-state index in [1.165, 1.54) is 0 Å². The maximum atomic E-state index is 12.6. The Kier molecular flexibility index (Phi) is 6.16. The number of nitrogens with zero attached hydrogens (tertiary/aromatic N) is 1. The van der Waals surface area contributed by atoms with Gasteiger partial charge in [-0.2, -0.15) is 0 Å². The number of hydrogen-bond acceptors (Lipinski definition) is 5. The molecular formula is C28H28FNO4. The van der Waals surface area contributed by atoms with Gasteiger partial charge in [0.15, 0.2) is 11.5 Å². The van der Waals surface area contributed by atoms with Crippen LogP contribution in [0.2, 0.25) is 0 Å². The first kappa shape index (κ1) is 22.3. The lowest BCUT2D eigenvalue weighted by molar-refractivity contribution is 0.0668. The molecule has 2 N–H and O–H groups in total. The van der Waals surface area contributed by atoms with E-state index < -0.39 is 6.10 Å². The van der Waals surface area contributed by atoms with E-state index in [9.17, 15) is 14.6 Å². The highest BCUT2D eigenvalue weighted by Crippen LogP contribution is 2.49. The molecule has 1 saturated heterocycles. The van der Waals surface area contributed by atoms with Crippen LogP contribution < -0.4 is 9.47 Å². The lowest BCUT2D eigenvalue weighted by atomic mass is 9.86. The van der Waals surface area contributed by atoms with Gasteiger partial charge in [-0.3, -0.25) is 9.29 Å². The zero-order valence-corrected chi connectivity index (χ0v) is 19.1. The maximum Gasteiger partial charge on any atom is 0.169 e. The zero-order chi connectivity index (χ0) is 23.7. The molecule has 0 unspecified atom stereocenters. The Morgan fingerprint density at radius 2 is 1.79 bits per heavy atom. The SMILES string of the molecule is CC1=C(c2cccc(O)c2)[C@H](c2ccc(OCCN3CC(CF)C3)cc2)Oc2c(O)cccc21. The van der Waals surface area contributed by atoms with Crippen LogP contribution in [-0.4, -0.2) is 48.0 Å². The average Bonchev–Trinajstić information content (AvgIpc) is 2.81. The molecule has 0 amide bonds. The van der Waals surface area contributed by atoms with Crippen LogP contribution in [0, 0.1) is 5.92 Å². The molecule has 2 aliphatic rings. The van der Waals surface area contributed by atoms with Crippen LogP contribution in [0.3, 0.4) is 0 Å². The van der Waals surface area contributed by atoms with Gasteiger partial charge in [-0.15, -0.1) is 0 Å². The molecule has 0 aromatic heterocycles. The fourth-order valence-electron chi connectivity index (χ4n) is 4.73. The van der Waals surface area contributed by atoms with Gasteiger partial charge in [-0.1, -0.05) is 36.4 Å². The molecule has 1 atom stereocenters. The molecule has 34 heavy (non-hydrogen) atoms. The number of aromatic hydroxyl groups is 2. The standard InChI is InChI=1S/C28H28FNO4/c1-18-24-6-3-7-25(32)28(24)34-27(26(18)21-4-2-5-22(31)14-21)20-8-10-23(11-9-20)33-13-12-30-16-19(15-29)17-30/h2-11,14,19,27,31-32H,12-13,15-17H2,1H3/t27-/m0/s1. The first-order valence-corrected chi connectivity index (χ1v) is 11.5. The van der Waals surface area contributed by atoms with Crippen molar-refractivity contribution in [1.82, 2.24) is 4.90 Å². The third-order valence-corrected chi connectivity index (χ3v) is 6.57. The number of rotatable bonds is 7. The van der Waals surface area contributed by atoms with Crippen LogP contribution in [0.15, 0.2) is 66.7 Å². The van der Waals surface area contributed by atoms with Gasteiger partial charge in [0.25, 0.3) is 0 Å². The van der Waals surface area contributed by atoms with E-state index in [-0.39, 0.29) is 24.1 Å². The first-order valence-electron chi connectivity index (χ1n) is 11.5. The van der Waals surface area contributed by atoms with Gasteiger partial charge in [0.2, 0.25) is 0 Å². The second-order valence-corrected chi connectivity index (χ2v) is 8.94. The van der Waals surface area contributed by atoms with Crippen LogP contribution in [0.5, 0.6) is 23.0 Å². The summed E-state index contributed by atoms with van der Waals surface area (Å²) < 4.78 is 24.8. The summed E-state index contributed by atoms with van der Waals surface area (Å²) in [5.41, 5.74) is 4.51. The van der Waals surface area contributed by atoms with Crippen molar-refractivity contribution in [2.75, 3.05) is 32.9 Å². The molecule has 5 rings (SSSR count). The molecule has 2 aliphatic heterocycles. The summed E-state index contributed by atoms with van der Waals surface area (Å²) in [6.07, 6.45) is -0.463. The number of hydrogen-bond donors (Lipinski definition) is 2. The molecule has 3 aromatic carbocycles. The van der Waals surface area contributed by atoms with Gasteiger partial charge in [0, 0.05) is 36.7 Å². The number of likely N-dealkylation sites (tertiary alicyclic amines) is 1. The highest BCUT2D eigenvalue weighted by atomic mass is 19.1. The third-order valence-electron chi connectivity index (χ3n) is 6.57. The lowest BCUT2D eigenvalue weighted by Crippen LogP contribution is -2.49. The Bertz CT molecular complexity index is 1200. The Labute approximate surface area is 198 Å². The van der Waals surface area contributed by atoms with Crippen molar-refractivity contribution in [1.29, 1.82) is 0 Å². The predicted octanol–water partition coefficient (Wildman–Crippen LogP) is 5.44. The van der Waals surface area contributed by atoms with Gasteiger partial charge in [-0.25, -0.2) is 0 Å². The fourth-order valence-corrected chi connectivity index (χ4v) is 4.73. The molecular weight excluding hydrogens is 433 g/mol. The van der Waals surface area contributed by atoms with E-state index >= 15 is 0 Å². The molecule has 2 heterocycles. The number of allylic oxidation sites excluding steroid dienone is 1. The maximum absolute atomic E-state index is 12.6. The van der Waals surface area contributed by atoms with Gasteiger partial charge in [-0.05, 0) is 54.0 Å². The van der Waals surface area contributed by atoms with Crippen molar-refractivity contribution < 1.29 is 24.1 Å². The second kappa shape index (κ2) is 9.39. The number of para-hydroxylation sites is 1. The van der Waals surface area contributed by atoms with Crippen molar-refractivity contribution in [3.05, 3.63) is 83.4 Å². The predicted molar refractivity (Wildman–Crippen MR) is 130 cm³/mol. The lowest BCUT2D eigenvalue weighted by Gasteiger charge is -2.37. The topological polar surface area (TPSA) is 62.2 Å². The van der Waals surface area contributed by atoms with Gasteiger partial charge < -0.3 is 19.7 Å². The monoisotopic (exact) mass is 461 g/mol. The number of alkyl halides is 1. The Morgan fingerprint density at radius 1 is 1.03 bits per heavy atom. The van der Waals surface area contributed by atoms with Crippen LogP contribution in [-0.2, 0) is 0 Å². The van der Waals surface area contributed by atoms with Crippen LogP contribution >= 0.6 is 0 Å². The Hall–Kier alpha value is -3.51. The van der Waals surface area contributed by atoms with Crippen molar-refractivity contribution in [2.45, 2.75) is 13.0 Å². The van der Waals surface area contributed by atoms with Gasteiger partial charge >= 0.3 is 0 Å². The average molecular weight is 462 g/mol. The number of benzene rings is 3. The second-order valence-electron chi connectivity index (χ2n) is 8.94. The molecule has 6 heteroatoms. The summed E-state index contributed by atoms with van der Waals surface area (Å²) in [6.45, 7) is 4.69. The van der Waals surface area contributed by atoms with E-state index in [4.69, 9.17) is 9.47 Å². The summed E-state index contributed by atoms with van der Waals surface area (Å²) >= 11 is 0. The zero-order valence-electron chi connectivity index (χ0n) is 19.1. The van der Waals surface area contributed by atoms with E-state index in [0.29, 0.717) is 12.4 Å². The van der Waals surface area contributed by atoms with Crippen molar-refractivity contribution in [3.8, 4) is 23.0 Å². The summed E-state index contributed by atoms with van der Waals surface area (Å²) in [4.78, 5) is 2.19.